The monoisotopic (exact) mass is 425 g/mol. The van der Waals surface area contributed by atoms with Gasteiger partial charge in [0.15, 0.2) is 0 Å². The summed E-state index contributed by atoms with van der Waals surface area (Å²) >= 11 is 5.94. The number of urea groups is 1. The predicted molar refractivity (Wildman–Crippen MR) is 112 cm³/mol. The van der Waals surface area contributed by atoms with Crippen molar-refractivity contribution in [2.24, 2.45) is 0 Å². The highest BCUT2D eigenvalue weighted by molar-refractivity contribution is 6.30. The van der Waals surface area contributed by atoms with E-state index in [0.717, 1.165) is 11.1 Å². The second kappa shape index (κ2) is 7.84. The summed E-state index contributed by atoms with van der Waals surface area (Å²) in [5.74, 6) is -0.877. The topological polar surface area (TPSA) is 87.7 Å². The molecule has 7 nitrogen and oxygen atoms in total. The van der Waals surface area contributed by atoms with Gasteiger partial charge < -0.3 is 15.4 Å². The van der Waals surface area contributed by atoms with Crippen LogP contribution in [0.4, 0.5) is 10.5 Å². The Labute approximate surface area is 178 Å². The molecule has 1 unspecified atom stereocenters. The normalized spacial score (nSPS) is 18.1. The summed E-state index contributed by atoms with van der Waals surface area (Å²) in [4.78, 5) is 39.1. The van der Waals surface area contributed by atoms with Gasteiger partial charge in [0.1, 0.15) is 13.2 Å². The molecule has 0 saturated heterocycles. The standard InChI is InChI=1S/C22H20ClN3O4/c1-12-3-8-16(13(2)9-12)24-18(27)10-26-17-11-30-21(28)19(17)20(25-22(26)29)14-4-6-15(23)7-5-14/h3-9,20H,10-11H2,1-2H3,(H,24,27)(H,25,29). The molecule has 0 aromatic heterocycles. The van der Waals surface area contributed by atoms with Crippen molar-refractivity contribution in [1.82, 2.24) is 10.2 Å². The van der Waals surface area contributed by atoms with Gasteiger partial charge >= 0.3 is 12.0 Å². The maximum Gasteiger partial charge on any atom is 0.338 e. The van der Waals surface area contributed by atoms with E-state index in [4.69, 9.17) is 16.3 Å². The molecule has 1 atom stereocenters. The zero-order chi connectivity index (χ0) is 21.4. The average molecular weight is 426 g/mol. The molecule has 2 aliphatic heterocycles. The summed E-state index contributed by atoms with van der Waals surface area (Å²) in [6, 6.07) is 11.4. The van der Waals surface area contributed by atoms with Crippen LogP contribution in [0.2, 0.25) is 5.02 Å². The Kier molecular flexibility index (Phi) is 5.22. The molecule has 3 amide bonds. The Morgan fingerprint density at radius 1 is 1.20 bits per heavy atom. The SMILES string of the molecule is Cc1ccc(NC(=O)CN2C(=O)NC(c3ccc(Cl)cc3)C3=C2COC3=O)c(C)c1. The number of amides is 3. The zero-order valence-electron chi connectivity index (χ0n) is 16.5. The average Bonchev–Trinajstić information content (AvgIpc) is 3.08. The molecule has 2 heterocycles. The van der Waals surface area contributed by atoms with Crippen LogP contribution < -0.4 is 10.6 Å². The fourth-order valence-electron chi connectivity index (χ4n) is 3.67. The smallest absolute Gasteiger partial charge is 0.338 e. The molecule has 2 aliphatic rings. The highest BCUT2D eigenvalue weighted by Gasteiger charge is 2.42. The Hall–Kier alpha value is -3.32. The Balaban J connectivity index is 1.59. The first-order valence-electron chi connectivity index (χ1n) is 9.44. The summed E-state index contributed by atoms with van der Waals surface area (Å²) in [6.45, 7) is 3.58. The van der Waals surface area contributed by atoms with E-state index in [2.05, 4.69) is 10.6 Å². The van der Waals surface area contributed by atoms with Crippen LogP contribution in [0.15, 0.2) is 53.7 Å². The predicted octanol–water partition coefficient (Wildman–Crippen LogP) is 3.47. The first-order valence-corrected chi connectivity index (χ1v) is 9.82. The molecule has 30 heavy (non-hydrogen) atoms. The molecule has 2 aromatic carbocycles. The van der Waals surface area contributed by atoms with Gasteiger partial charge in [0.25, 0.3) is 0 Å². The minimum atomic E-state index is -0.654. The first kappa shape index (κ1) is 20.0. The fourth-order valence-corrected chi connectivity index (χ4v) is 3.80. The number of halogens is 1. The van der Waals surface area contributed by atoms with E-state index in [-0.39, 0.29) is 19.1 Å². The van der Waals surface area contributed by atoms with E-state index < -0.39 is 18.0 Å². The number of hydrogen-bond acceptors (Lipinski definition) is 4. The van der Waals surface area contributed by atoms with E-state index >= 15 is 0 Å². The van der Waals surface area contributed by atoms with Crippen LogP contribution in [0, 0.1) is 13.8 Å². The number of esters is 1. The number of ether oxygens (including phenoxy) is 1. The number of nitrogens with one attached hydrogen (secondary N) is 2. The zero-order valence-corrected chi connectivity index (χ0v) is 17.2. The highest BCUT2D eigenvalue weighted by atomic mass is 35.5. The molecular formula is C22H20ClN3O4. The van der Waals surface area contributed by atoms with Gasteiger partial charge in [-0.25, -0.2) is 9.59 Å². The quantitative estimate of drug-likeness (QED) is 0.734. The van der Waals surface area contributed by atoms with E-state index in [9.17, 15) is 14.4 Å². The van der Waals surface area contributed by atoms with E-state index in [1.54, 1.807) is 24.3 Å². The molecule has 2 N–H and O–H groups in total. The van der Waals surface area contributed by atoms with Crippen LogP contribution in [0.1, 0.15) is 22.7 Å². The van der Waals surface area contributed by atoms with Gasteiger partial charge in [-0.15, -0.1) is 0 Å². The fraction of sp³-hybridized carbons (Fsp3) is 0.227. The molecule has 2 aromatic rings. The van der Waals surface area contributed by atoms with Gasteiger partial charge in [-0.3, -0.25) is 9.69 Å². The van der Waals surface area contributed by atoms with Crippen LogP contribution in [-0.2, 0) is 14.3 Å². The van der Waals surface area contributed by atoms with Gasteiger partial charge in [0.2, 0.25) is 5.91 Å². The van der Waals surface area contributed by atoms with Crippen molar-refractivity contribution in [3.8, 4) is 0 Å². The Morgan fingerprint density at radius 3 is 2.63 bits per heavy atom. The number of rotatable bonds is 4. The lowest BCUT2D eigenvalue weighted by Crippen LogP contribution is -2.49. The molecule has 0 saturated carbocycles. The number of anilines is 1. The molecule has 0 radical (unpaired) electrons. The third kappa shape index (κ3) is 3.76. The Morgan fingerprint density at radius 2 is 1.93 bits per heavy atom. The molecule has 0 aliphatic carbocycles. The summed E-state index contributed by atoms with van der Waals surface area (Å²) in [6.07, 6.45) is 0. The van der Waals surface area contributed by atoms with Crippen LogP contribution in [0.5, 0.6) is 0 Å². The van der Waals surface area contributed by atoms with Crippen molar-refractivity contribution >= 4 is 35.2 Å². The van der Waals surface area contributed by atoms with Gasteiger partial charge in [-0.05, 0) is 43.2 Å². The van der Waals surface area contributed by atoms with Crippen molar-refractivity contribution in [3.63, 3.8) is 0 Å². The molecule has 154 valence electrons. The van der Waals surface area contributed by atoms with Crippen LogP contribution >= 0.6 is 11.6 Å². The van der Waals surface area contributed by atoms with Crippen LogP contribution in [0.3, 0.4) is 0 Å². The molecule has 0 spiro atoms. The molecular weight excluding hydrogens is 406 g/mol. The van der Waals surface area contributed by atoms with Crippen LogP contribution in [-0.4, -0.2) is 36.0 Å². The number of nitrogens with zero attached hydrogens (tertiary/aromatic N) is 1. The van der Waals surface area contributed by atoms with Crippen molar-refractivity contribution in [2.75, 3.05) is 18.5 Å². The maximum absolute atomic E-state index is 12.8. The van der Waals surface area contributed by atoms with Gasteiger partial charge in [0, 0.05) is 10.7 Å². The van der Waals surface area contributed by atoms with E-state index in [1.807, 2.05) is 32.0 Å². The number of cyclic esters (lactones) is 1. The van der Waals surface area contributed by atoms with Crippen molar-refractivity contribution in [2.45, 2.75) is 19.9 Å². The second-order valence-corrected chi connectivity index (χ2v) is 7.76. The number of hydrogen-bond donors (Lipinski definition) is 2. The second-order valence-electron chi connectivity index (χ2n) is 7.32. The minimum Gasteiger partial charge on any atom is -0.456 e. The summed E-state index contributed by atoms with van der Waals surface area (Å²) in [5.41, 5.74) is 4.13. The van der Waals surface area contributed by atoms with E-state index in [0.29, 0.717) is 27.5 Å². The van der Waals surface area contributed by atoms with Crippen molar-refractivity contribution < 1.29 is 19.1 Å². The molecule has 0 bridgehead atoms. The highest BCUT2D eigenvalue weighted by Crippen LogP contribution is 2.35. The number of benzene rings is 2. The third-order valence-corrected chi connectivity index (χ3v) is 5.41. The lowest BCUT2D eigenvalue weighted by molar-refractivity contribution is -0.136. The first-order chi connectivity index (χ1) is 14.3. The van der Waals surface area contributed by atoms with Gasteiger partial charge in [0.05, 0.1) is 17.3 Å². The number of aryl methyl sites for hydroxylation is 2. The van der Waals surface area contributed by atoms with E-state index in [1.165, 1.54) is 4.90 Å². The maximum atomic E-state index is 12.8. The van der Waals surface area contributed by atoms with Gasteiger partial charge in [-0.1, -0.05) is 41.4 Å². The number of carbonyl (C=O) groups is 3. The molecule has 0 fully saturated rings. The van der Waals surface area contributed by atoms with Crippen molar-refractivity contribution in [3.05, 3.63) is 75.4 Å². The Bertz CT molecular complexity index is 1080. The van der Waals surface area contributed by atoms with Gasteiger partial charge in [-0.2, -0.15) is 0 Å². The number of carbonyl (C=O) groups excluding carboxylic acids is 3. The summed E-state index contributed by atoms with van der Waals surface area (Å²) in [5, 5.41) is 6.17. The lowest BCUT2D eigenvalue weighted by atomic mass is 9.96. The van der Waals surface area contributed by atoms with Crippen LogP contribution in [0.25, 0.3) is 0 Å². The summed E-state index contributed by atoms with van der Waals surface area (Å²) in [7, 11) is 0. The molecule has 8 heteroatoms. The third-order valence-electron chi connectivity index (χ3n) is 5.16. The molecule has 4 rings (SSSR count). The summed E-state index contributed by atoms with van der Waals surface area (Å²) < 4.78 is 5.18. The lowest BCUT2D eigenvalue weighted by Gasteiger charge is -2.32. The van der Waals surface area contributed by atoms with Crippen molar-refractivity contribution in [1.29, 1.82) is 0 Å². The largest absolute Gasteiger partial charge is 0.456 e. The minimum absolute atomic E-state index is 0.0531.